The highest BCUT2D eigenvalue weighted by Crippen LogP contribution is 2.18. The van der Waals surface area contributed by atoms with Crippen molar-refractivity contribution in [1.82, 2.24) is 9.62 Å². The predicted molar refractivity (Wildman–Crippen MR) is 86.3 cm³/mol. The Labute approximate surface area is 131 Å². The zero-order valence-corrected chi connectivity index (χ0v) is 13.7. The molecule has 7 heteroatoms. The molecule has 122 valence electrons. The molecule has 0 aliphatic carbocycles. The highest BCUT2D eigenvalue weighted by Gasteiger charge is 2.20. The van der Waals surface area contributed by atoms with Crippen molar-refractivity contribution in [3.8, 4) is 5.75 Å². The summed E-state index contributed by atoms with van der Waals surface area (Å²) in [4.78, 5) is 11.7. The minimum atomic E-state index is -3.47. The van der Waals surface area contributed by atoms with Crippen LogP contribution in [0, 0.1) is 0 Å². The fourth-order valence-electron chi connectivity index (χ4n) is 1.92. The molecule has 1 amide bonds. The summed E-state index contributed by atoms with van der Waals surface area (Å²) < 4.78 is 30.0. The lowest BCUT2D eigenvalue weighted by Gasteiger charge is -2.20. The van der Waals surface area contributed by atoms with Gasteiger partial charge in [-0.05, 0) is 18.1 Å². The van der Waals surface area contributed by atoms with E-state index in [1.165, 1.54) is 6.08 Å². The fraction of sp³-hybridized carbons (Fsp3) is 0.400. The Morgan fingerprint density at radius 3 is 2.68 bits per heavy atom. The van der Waals surface area contributed by atoms with Gasteiger partial charge in [0.2, 0.25) is 15.9 Å². The predicted octanol–water partition coefficient (Wildman–Crippen LogP) is 0.801. The number of ether oxygens (including phenoxy) is 1. The van der Waals surface area contributed by atoms with Crippen LogP contribution in [0.4, 0.5) is 0 Å². The number of para-hydroxylation sites is 1. The van der Waals surface area contributed by atoms with Crippen molar-refractivity contribution >= 4 is 15.9 Å². The van der Waals surface area contributed by atoms with Gasteiger partial charge in [0.05, 0.1) is 19.9 Å². The van der Waals surface area contributed by atoms with Crippen LogP contribution in [0.3, 0.4) is 0 Å². The van der Waals surface area contributed by atoms with Crippen molar-refractivity contribution in [2.75, 3.05) is 33.0 Å². The van der Waals surface area contributed by atoms with Crippen LogP contribution in [0.1, 0.15) is 5.56 Å². The SMILES string of the molecule is C=CCNC(=O)CN(CCc1ccccc1OC)S(C)(=O)=O. The van der Waals surface area contributed by atoms with Gasteiger partial charge >= 0.3 is 0 Å². The molecule has 0 fully saturated rings. The molecule has 0 spiro atoms. The average molecular weight is 326 g/mol. The van der Waals surface area contributed by atoms with Crippen LogP contribution >= 0.6 is 0 Å². The van der Waals surface area contributed by atoms with Crippen molar-refractivity contribution in [3.63, 3.8) is 0 Å². The van der Waals surface area contributed by atoms with Crippen LogP contribution in [0.15, 0.2) is 36.9 Å². The second kappa shape index (κ2) is 8.55. The van der Waals surface area contributed by atoms with Crippen molar-refractivity contribution in [2.24, 2.45) is 0 Å². The summed E-state index contributed by atoms with van der Waals surface area (Å²) in [5.41, 5.74) is 0.894. The van der Waals surface area contributed by atoms with E-state index in [0.717, 1.165) is 16.1 Å². The van der Waals surface area contributed by atoms with Crippen LogP contribution in [0.25, 0.3) is 0 Å². The number of amides is 1. The number of methoxy groups -OCH3 is 1. The number of carbonyl (C=O) groups is 1. The summed E-state index contributed by atoms with van der Waals surface area (Å²) >= 11 is 0. The van der Waals surface area contributed by atoms with Crippen molar-refractivity contribution in [2.45, 2.75) is 6.42 Å². The topological polar surface area (TPSA) is 75.7 Å². The average Bonchev–Trinajstić information content (AvgIpc) is 2.48. The minimum Gasteiger partial charge on any atom is -0.496 e. The maximum absolute atomic E-state index is 11.8. The molecular weight excluding hydrogens is 304 g/mol. The molecule has 1 aromatic carbocycles. The first-order chi connectivity index (χ1) is 10.4. The van der Waals surface area contributed by atoms with E-state index in [4.69, 9.17) is 4.74 Å². The van der Waals surface area contributed by atoms with Crippen LogP contribution < -0.4 is 10.1 Å². The molecule has 0 heterocycles. The van der Waals surface area contributed by atoms with Gasteiger partial charge in [0.1, 0.15) is 5.75 Å². The van der Waals surface area contributed by atoms with E-state index in [9.17, 15) is 13.2 Å². The molecule has 6 nitrogen and oxygen atoms in total. The molecular formula is C15H22N2O4S. The van der Waals surface area contributed by atoms with Gasteiger partial charge in [-0.1, -0.05) is 24.3 Å². The normalized spacial score (nSPS) is 11.2. The van der Waals surface area contributed by atoms with E-state index in [-0.39, 0.29) is 19.0 Å². The summed E-state index contributed by atoms with van der Waals surface area (Å²) in [5, 5.41) is 2.57. The number of nitrogens with zero attached hydrogens (tertiary/aromatic N) is 1. The standard InChI is InChI=1S/C15H22N2O4S/c1-4-10-16-15(18)12-17(22(3,19)20)11-9-13-7-5-6-8-14(13)21-2/h4-8H,1,9-12H2,2-3H3,(H,16,18). The molecule has 0 radical (unpaired) electrons. The smallest absolute Gasteiger partial charge is 0.235 e. The van der Waals surface area contributed by atoms with Crippen molar-refractivity contribution < 1.29 is 17.9 Å². The molecule has 0 atom stereocenters. The van der Waals surface area contributed by atoms with E-state index < -0.39 is 10.0 Å². The molecule has 0 bridgehead atoms. The maximum Gasteiger partial charge on any atom is 0.235 e. The molecule has 0 saturated carbocycles. The Hall–Kier alpha value is -1.86. The maximum atomic E-state index is 11.8. The molecule has 0 unspecified atom stereocenters. The van der Waals surface area contributed by atoms with Crippen molar-refractivity contribution in [1.29, 1.82) is 0 Å². The van der Waals surface area contributed by atoms with E-state index >= 15 is 0 Å². The lowest BCUT2D eigenvalue weighted by atomic mass is 10.1. The lowest BCUT2D eigenvalue weighted by molar-refractivity contribution is -0.121. The number of rotatable bonds is 9. The summed E-state index contributed by atoms with van der Waals surface area (Å²) in [6, 6.07) is 7.40. The van der Waals surface area contributed by atoms with Gasteiger partial charge in [-0.15, -0.1) is 6.58 Å². The van der Waals surface area contributed by atoms with Crippen LogP contribution in [-0.4, -0.2) is 51.6 Å². The third kappa shape index (κ3) is 5.87. The van der Waals surface area contributed by atoms with Gasteiger partial charge in [-0.2, -0.15) is 4.31 Å². The molecule has 0 aliphatic rings. The molecule has 0 saturated heterocycles. The Balaban J connectivity index is 2.74. The van der Waals surface area contributed by atoms with Crippen LogP contribution in [0.2, 0.25) is 0 Å². The van der Waals surface area contributed by atoms with Gasteiger partial charge in [0, 0.05) is 13.1 Å². The number of hydrogen-bond acceptors (Lipinski definition) is 4. The van der Waals surface area contributed by atoms with E-state index in [0.29, 0.717) is 18.7 Å². The fourth-order valence-corrected chi connectivity index (χ4v) is 2.69. The third-order valence-corrected chi connectivity index (χ3v) is 4.31. The monoisotopic (exact) mass is 326 g/mol. The number of sulfonamides is 1. The Kier molecular flexibility index (Phi) is 7.07. The summed E-state index contributed by atoms with van der Waals surface area (Å²) in [7, 11) is -1.90. The third-order valence-electron chi connectivity index (χ3n) is 3.06. The van der Waals surface area contributed by atoms with Crippen molar-refractivity contribution in [3.05, 3.63) is 42.5 Å². The lowest BCUT2D eigenvalue weighted by Crippen LogP contribution is -2.41. The molecule has 0 aromatic heterocycles. The van der Waals surface area contributed by atoms with Crippen LogP contribution in [-0.2, 0) is 21.2 Å². The summed E-state index contributed by atoms with van der Waals surface area (Å²) in [5.74, 6) is 0.345. The minimum absolute atomic E-state index is 0.207. The highest BCUT2D eigenvalue weighted by molar-refractivity contribution is 7.88. The summed E-state index contributed by atoms with van der Waals surface area (Å²) in [6.07, 6.45) is 3.10. The number of benzene rings is 1. The molecule has 22 heavy (non-hydrogen) atoms. The highest BCUT2D eigenvalue weighted by atomic mass is 32.2. The molecule has 0 aliphatic heterocycles. The van der Waals surface area contributed by atoms with Gasteiger partial charge in [0.25, 0.3) is 0 Å². The first-order valence-electron chi connectivity index (χ1n) is 6.83. The van der Waals surface area contributed by atoms with Gasteiger partial charge in [-0.25, -0.2) is 8.42 Å². The molecule has 1 aromatic rings. The van der Waals surface area contributed by atoms with E-state index in [2.05, 4.69) is 11.9 Å². The number of hydrogen-bond donors (Lipinski definition) is 1. The first kappa shape index (κ1) is 18.2. The van der Waals surface area contributed by atoms with E-state index in [1.807, 2.05) is 24.3 Å². The Morgan fingerprint density at radius 1 is 1.41 bits per heavy atom. The summed E-state index contributed by atoms with van der Waals surface area (Å²) in [6.45, 7) is 3.81. The van der Waals surface area contributed by atoms with E-state index in [1.54, 1.807) is 7.11 Å². The zero-order chi connectivity index (χ0) is 16.6. The quantitative estimate of drug-likeness (QED) is 0.681. The molecule has 1 rings (SSSR count). The van der Waals surface area contributed by atoms with Gasteiger partial charge in [0.15, 0.2) is 0 Å². The number of carbonyl (C=O) groups excluding carboxylic acids is 1. The Morgan fingerprint density at radius 2 is 2.09 bits per heavy atom. The second-order valence-corrected chi connectivity index (χ2v) is 6.73. The molecule has 1 N–H and O–H groups in total. The van der Waals surface area contributed by atoms with Gasteiger partial charge < -0.3 is 10.1 Å². The first-order valence-corrected chi connectivity index (χ1v) is 8.68. The number of nitrogens with one attached hydrogen (secondary N) is 1. The largest absolute Gasteiger partial charge is 0.496 e. The van der Waals surface area contributed by atoms with Gasteiger partial charge in [-0.3, -0.25) is 4.79 Å². The second-order valence-electron chi connectivity index (χ2n) is 4.75. The van der Waals surface area contributed by atoms with Crippen LogP contribution in [0.5, 0.6) is 5.75 Å². The Bertz CT molecular complexity index is 614. The zero-order valence-electron chi connectivity index (χ0n) is 12.9.